The largest absolute Gasteiger partial charge is 0.487 e. The van der Waals surface area contributed by atoms with Crippen LogP contribution in [0.4, 0.5) is 20.3 Å². The number of aromatic nitrogens is 3. The molecule has 10 nitrogen and oxygen atoms in total. The van der Waals surface area contributed by atoms with E-state index in [1.54, 1.807) is 16.9 Å². The highest BCUT2D eigenvalue weighted by Crippen LogP contribution is 2.37. The molecule has 2 saturated heterocycles. The first kappa shape index (κ1) is 28.5. The van der Waals surface area contributed by atoms with E-state index in [1.807, 2.05) is 6.07 Å². The summed E-state index contributed by atoms with van der Waals surface area (Å²) in [6.07, 6.45) is 6.31. The molecule has 1 atom stereocenters. The number of Topliss-reactive ketones (excluding diaryl/α,β-unsaturated/α-hetero) is 1. The lowest BCUT2D eigenvalue weighted by Crippen LogP contribution is -2.63. The average molecular weight is 600 g/mol. The van der Waals surface area contributed by atoms with Crippen LogP contribution in [0.1, 0.15) is 42.1 Å². The number of piperazine rings is 1. The quantitative estimate of drug-likeness (QED) is 0.372. The van der Waals surface area contributed by atoms with Crippen LogP contribution in [0.2, 0.25) is 0 Å². The molecule has 1 amide bonds. The standard InChI is InChI=1S/C29H32ClF2N7O3/c30-29(31,32)42-22-7-5-20(6-8-22)36-28(41)19-15-23(24-9-10-35-39(24)25-3-1-2-4-26(25)40)27(34-16-19)38-17-21(18-38)37-13-11-33-12-14-37/h5-10,15-16,21,25,33H,1-4,11-14,17-18H2,(H,36,41). The zero-order valence-corrected chi connectivity index (χ0v) is 23.7. The number of benzene rings is 1. The molecule has 1 unspecified atom stereocenters. The second-order valence-corrected chi connectivity index (χ2v) is 11.3. The highest BCUT2D eigenvalue weighted by Gasteiger charge is 2.36. The van der Waals surface area contributed by atoms with Crippen LogP contribution >= 0.6 is 11.6 Å². The Morgan fingerprint density at radius 3 is 2.60 bits per heavy atom. The number of amides is 1. The molecule has 2 N–H and O–H groups in total. The van der Waals surface area contributed by atoms with Crippen LogP contribution in [0.5, 0.6) is 5.75 Å². The molecular weight excluding hydrogens is 568 g/mol. The van der Waals surface area contributed by atoms with Gasteiger partial charge in [-0.15, -0.1) is 8.78 Å². The number of anilines is 2. The Kier molecular flexibility index (Phi) is 8.11. The lowest BCUT2D eigenvalue weighted by molar-refractivity contribution is -0.124. The van der Waals surface area contributed by atoms with Crippen molar-refractivity contribution in [3.8, 4) is 17.0 Å². The highest BCUT2D eigenvalue weighted by atomic mass is 35.5. The van der Waals surface area contributed by atoms with E-state index in [2.05, 4.69) is 30.3 Å². The van der Waals surface area contributed by atoms with Gasteiger partial charge in [0.15, 0.2) is 5.78 Å². The van der Waals surface area contributed by atoms with Crippen LogP contribution in [0, 0.1) is 0 Å². The van der Waals surface area contributed by atoms with Gasteiger partial charge in [-0.2, -0.15) is 5.10 Å². The number of hydrogen-bond acceptors (Lipinski definition) is 8. The van der Waals surface area contributed by atoms with Crippen molar-refractivity contribution in [2.24, 2.45) is 0 Å². The fourth-order valence-corrected chi connectivity index (χ4v) is 5.96. The SMILES string of the molecule is O=C(Nc1ccc(OC(F)(F)Cl)cc1)c1cnc(N2CC(N3CCNCC3)C2)c(-c2ccnn2C2CCCCC2=O)c1. The number of pyridine rings is 1. The van der Waals surface area contributed by atoms with E-state index < -0.39 is 11.5 Å². The molecule has 6 rings (SSSR count). The van der Waals surface area contributed by atoms with Crippen LogP contribution in [0.15, 0.2) is 48.8 Å². The van der Waals surface area contributed by atoms with E-state index >= 15 is 0 Å². The van der Waals surface area contributed by atoms with Crippen LogP contribution < -0.4 is 20.3 Å². The molecule has 3 fully saturated rings. The number of carbonyl (C=O) groups excluding carboxylic acids is 2. The number of rotatable bonds is 8. The zero-order chi connectivity index (χ0) is 29.3. The Labute approximate surface area is 247 Å². The van der Waals surface area contributed by atoms with Crippen LogP contribution in [-0.4, -0.2) is 82.2 Å². The first-order chi connectivity index (χ1) is 20.2. The van der Waals surface area contributed by atoms with Crippen LogP contribution in [0.3, 0.4) is 0 Å². The Bertz CT molecular complexity index is 1430. The van der Waals surface area contributed by atoms with E-state index in [9.17, 15) is 18.4 Å². The van der Waals surface area contributed by atoms with E-state index in [0.29, 0.717) is 23.7 Å². The molecule has 1 aliphatic carbocycles. The number of ether oxygens (including phenoxy) is 1. The van der Waals surface area contributed by atoms with E-state index in [-0.39, 0.29) is 17.6 Å². The zero-order valence-electron chi connectivity index (χ0n) is 22.9. The van der Waals surface area contributed by atoms with Crippen molar-refractivity contribution < 1.29 is 23.1 Å². The van der Waals surface area contributed by atoms with Gasteiger partial charge in [-0.1, -0.05) is 6.42 Å². The summed E-state index contributed by atoms with van der Waals surface area (Å²) in [5.74, 6) is 0.345. The van der Waals surface area contributed by atoms with Crippen molar-refractivity contribution in [2.45, 2.75) is 43.3 Å². The number of carbonyl (C=O) groups is 2. The van der Waals surface area contributed by atoms with Crippen molar-refractivity contribution in [3.63, 3.8) is 0 Å². The van der Waals surface area contributed by atoms with Gasteiger partial charge in [0.2, 0.25) is 0 Å². The number of alkyl halides is 3. The Balaban J connectivity index is 1.27. The summed E-state index contributed by atoms with van der Waals surface area (Å²) in [5.41, 5.74) is -1.67. The van der Waals surface area contributed by atoms with Crippen LogP contribution in [0.25, 0.3) is 11.3 Å². The number of halogens is 3. The molecule has 0 spiro atoms. The number of hydrogen-bond donors (Lipinski definition) is 2. The molecule has 222 valence electrons. The highest BCUT2D eigenvalue weighted by molar-refractivity contribution is 6.20. The molecule has 2 aliphatic heterocycles. The lowest BCUT2D eigenvalue weighted by atomic mass is 9.93. The Morgan fingerprint density at radius 2 is 1.88 bits per heavy atom. The van der Waals surface area contributed by atoms with Gasteiger partial charge in [-0.05, 0) is 49.2 Å². The predicted molar refractivity (Wildman–Crippen MR) is 154 cm³/mol. The summed E-state index contributed by atoms with van der Waals surface area (Å²) in [7, 11) is 0. The summed E-state index contributed by atoms with van der Waals surface area (Å²) >= 11 is 4.83. The molecule has 4 heterocycles. The summed E-state index contributed by atoms with van der Waals surface area (Å²) in [5, 5.41) is 10.7. The van der Waals surface area contributed by atoms with Crippen molar-refractivity contribution in [2.75, 3.05) is 49.5 Å². The second kappa shape index (κ2) is 11.9. The molecule has 0 bridgehead atoms. The minimum absolute atomic E-state index is 0.138. The normalized spacial score (nSPS) is 20.3. The molecule has 13 heteroatoms. The molecule has 1 aromatic carbocycles. The van der Waals surface area contributed by atoms with Gasteiger partial charge < -0.3 is 20.3 Å². The van der Waals surface area contributed by atoms with Crippen LogP contribution in [-0.2, 0) is 4.79 Å². The monoisotopic (exact) mass is 599 g/mol. The van der Waals surface area contributed by atoms with E-state index in [1.165, 1.54) is 30.5 Å². The number of ketones is 1. The third kappa shape index (κ3) is 6.25. The predicted octanol–water partition coefficient (Wildman–Crippen LogP) is 4.14. The second-order valence-electron chi connectivity index (χ2n) is 10.9. The van der Waals surface area contributed by atoms with Crippen molar-refractivity contribution in [1.82, 2.24) is 25.0 Å². The molecule has 2 aromatic heterocycles. The van der Waals surface area contributed by atoms with Gasteiger partial charge in [0.05, 0.1) is 11.3 Å². The van der Waals surface area contributed by atoms with Gasteiger partial charge >= 0.3 is 5.57 Å². The van der Waals surface area contributed by atoms with Crippen molar-refractivity contribution >= 4 is 34.8 Å². The fourth-order valence-electron chi connectivity index (χ4n) is 5.87. The molecule has 42 heavy (non-hydrogen) atoms. The summed E-state index contributed by atoms with van der Waals surface area (Å²) < 4.78 is 32.0. The lowest BCUT2D eigenvalue weighted by Gasteiger charge is -2.47. The first-order valence-corrected chi connectivity index (χ1v) is 14.6. The van der Waals surface area contributed by atoms with Gasteiger partial charge in [0.1, 0.15) is 17.6 Å². The summed E-state index contributed by atoms with van der Waals surface area (Å²) in [6.45, 7) is 5.61. The van der Waals surface area contributed by atoms with Gasteiger partial charge in [0.25, 0.3) is 5.91 Å². The number of nitrogens with zero attached hydrogens (tertiary/aromatic N) is 5. The first-order valence-electron chi connectivity index (χ1n) is 14.2. The molecule has 3 aliphatic rings. The molecule has 1 saturated carbocycles. The minimum Gasteiger partial charge on any atom is -0.420 e. The maximum atomic E-state index is 13.3. The molecule has 3 aromatic rings. The smallest absolute Gasteiger partial charge is 0.420 e. The topological polar surface area (TPSA) is 105 Å². The Morgan fingerprint density at radius 1 is 1.12 bits per heavy atom. The number of nitrogens with one attached hydrogen (secondary N) is 2. The van der Waals surface area contributed by atoms with Gasteiger partial charge in [0, 0.05) is 87.0 Å². The van der Waals surface area contributed by atoms with Gasteiger partial charge in [-0.25, -0.2) is 4.98 Å². The maximum absolute atomic E-state index is 13.3. The van der Waals surface area contributed by atoms with Gasteiger partial charge in [-0.3, -0.25) is 19.2 Å². The fraction of sp³-hybridized carbons (Fsp3) is 0.448. The minimum atomic E-state index is -3.83. The summed E-state index contributed by atoms with van der Waals surface area (Å²) in [4.78, 5) is 35.6. The third-order valence-electron chi connectivity index (χ3n) is 8.07. The molecular formula is C29H32ClF2N7O3. The molecule has 0 radical (unpaired) electrons. The van der Waals surface area contributed by atoms with Crippen molar-refractivity contribution in [1.29, 1.82) is 0 Å². The Hall–Kier alpha value is -3.61. The third-order valence-corrected chi connectivity index (χ3v) is 8.15. The van der Waals surface area contributed by atoms with E-state index in [0.717, 1.165) is 75.6 Å². The maximum Gasteiger partial charge on any atom is 0.487 e. The summed E-state index contributed by atoms with van der Waals surface area (Å²) in [6, 6.07) is 9.19. The van der Waals surface area contributed by atoms with E-state index in [4.69, 9.17) is 16.6 Å². The average Bonchev–Trinajstić information content (AvgIpc) is 3.43. The van der Waals surface area contributed by atoms with Crippen molar-refractivity contribution in [3.05, 3.63) is 54.4 Å².